The van der Waals surface area contributed by atoms with Crippen molar-refractivity contribution in [3.05, 3.63) is 68.8 Å². The van der Waals surface area contributed by atoms with Gasteiger partial charge in [0.1, 0.15) is 5.70 Å². The van der Waals surface area contributed by atoms with Gasteiger partial charge in [-0.25, -0.2) is 4.79 Å². The van der Waals surface area contributed by atoms with Crippen molar-refractivity contribution in [2.45, 2.75) is 26.3 Å². The molecule has 0 aliphatic carbocycles. The molecule has 0 unspecified atom stereocenters. The Hall–Kier alpha value is -2.50. The maximum Gasteiger partial charge on any atom is 0.329 e. The van der Waals surface area contributed by atoms with Gasteiger partial charge in [0.15, 0.2) is 0 Å². The molecule has 2 aliphatic heterocycles. The molecule has 2 aromatic rings. The fraction of sp³-hybridized carbons (Fsp3) is 0.273. The van der Waals surface area contributed by atoms with Crippen LogP contribution in [0.15, 0.2) is 42.1 Å². The molecule has 150 valence electrons. The lowest BCUT2D eigenvalue weighted by Gasteiger charge is -2.18. The van der Waals surface area contributed by atoms with E-state index in [2.05, 4.69) is 22.3 Å². The Balaban J connectivity index is 1.54. The number of nitrogens with zero attached hydrogens (tertiary/aromatic N) is 2. The largest absolute Gasteiger partial charge is 0.372 e. The molecule has 3 amide bonds. The molecule has 1 N–H and O–H groups in total. The summed E-state index contributed by atoms with van der Waals surface area (Å²) >= 11 is 12.1. The van der Waals surface area contributed by atoms with Gasteiger partial charge in [-0.15, -0.1) is 0 Å². The van der Waals surface area contributed by atoms with E-state index in [9.17, 15) is 9.59 Å². The summed E-state index contributed by atoms with van der Waals surface area (Å²) in [5.41, 5.74) is 4.08. The van der Waals surface area contributed by atoms with Crippen LogP contribution in [0.3, 0.4) is 0 Å². The minimum atomic E-state index is -0.460. The molecule has 0 bridgehead atoms. The van der Waals surface area contributed by atoms with Crippen molar-refractivity contribution >= 4 is 46.9 Å². The van der Waals surface area contributed by atoms with Crippen LogP contribution in [0.25, 0.3) is 6.08 Å². The van der Waals surface area contributed by atoms with E-state index in [0.29, 0.717) is 15.6 Å². The van der Waals surface area contributed by atoms with Gasteiger partial charge in [-0.05, 0) is 66.8 Å². The third-order valence-electron chi connectivity index (χ3n) is 5.33. The molecule has 0 atom stereocenters. The lowest BCUT2D eigenvalue weighted by molar-refractivity contribution is -0.123. The third-order valence-corrected chi connectivity index (χ3v) is 5.92. The lowest BCUT2D eigenvalue weighted by Crippen LogP contribution is -2.30. The highest BCUT2D eigenvalue weighted by molar-refractivity contribution is 6.35. The number of hydrogen-bond acceptors (Lipinski definition) is 3. The number of nitrogens with one attached hydrogen (secondary N) is 1. The highest BCUT2D eigenvalue weighted by Gasteiger charge is 2.34. The number of benzene rings is 2. The number of aryl methyl sites for hydroxylation is 1. The van der Waals surface area contributed by atoms with Crippen LogP contribution in [-0.2, 0) is 11.3 Å². The number of rotatable bonds is 4. The molecule has 2 aliphatic rings. The molecule has 4 rings (SSSR count). The number of carbonyl (C=O) groups excluding carboxylic acids is 2. The molecule has 5 nitrogen and oxygen atoms in total. The summed E-state index contributed by atoms with van der Waals surface area (Å²) in [7, 11) is 0. The van der Waals surface area contributed by atoms with Crippen LogP contribution in [0.2, 0.25) is 10.0 Å². The van der Waals surface area contributed by atoms with Crippen LogP contribution < -0.4 is 10.2 Å². The number of hydrogen-bond donors (Lipinski definition) is 1. The molecule has 29 heavy (non-hydrogen) atoms. The summed E-state index contributed by atoms with van der Waals surface area (Å²) in [6, 6.07) is 10.7. The third kappa shape index (κ3) is 4.11. The summed E-state index contributed by atoms with van der Waals surface area (Å²) in [6.45, 7) is 4.26. The molecular weight excluding hydrogens is 409 g/mol. The van der Waals surface area contributed by atoms with Crippen LogP contribution in [0, 0.1) is 6.92 Å². The van der Waals surface area contributed by atoms with Crippen molar-refractivity contribution in [3.8, 4) is 0 Å². The second-order valence-electron chi connectivity index (χ2n) is 7.35. The Kier molecular flexibility index (Phi) is 5.52. The zero-order valence-corrected chi connectivity index (χ0v) is 17.6. The van der Waals surface area contributed by atoms with Crippen molar-refractivity contribution in [3.63, 3.8) is 0 Å². The monoisotopic (exact) mass is 429 g/mol. The van der Waals surface area contributed by atoms with Gasteiger partial charge in [0.05, 0.1) is 6.54 Å². The topological polar surface area (TPSA) is 52.7 Å². The first kappa shape index (κ1) is 19.8. The van der Waals surface area contributed by atoms with Crippen LogP contribution in [0.4, 0.5) is 10.5 Å². The normalized spacial score (nSPS) is 18.1. The predicted molar refractivity (Wildman–Crippen MR) is 116 cm³/mol. The van der Waals surface area contributed by atoms with Gasteiger partial charge in [0, 0.05) is 28.8 Å². The van der Waals surface area contributed by atoms with Gasteiger partial charge in [0.2, 0.25) is 0 Å². The van der Waals surface area contributed by atoms with Crippen molar-refractivity contribution < 1.29 is 9.59 Å². The number of halogens is 2. The summed E-state index contributed by atoms with van der Waals surface area (Å²) in [4.78, 5) is 28.7. The fourth-order valence-electron chi connectivity index (χ4n) is 3.68. The standard InChI is InChI=1S/C22H21Cl2N3O2/c1-14-10-18(26-8-2-3-9-26)7-5-15(14)11-20-21(28)27(22(29)25-20)13-16-4-6-17(23)12-19(16)24/h4-7,10-12H,2-3,8-9,13H2,1H3,(H,25,29)/b20-11-. The zero-order valence-electron chi connectivity index (χ0n) is 16.0. The molecule has 0 saturated carbocycles. The first-order valence-corrected chi connectivity index (χ1v) is 10.3. The Morgan fingerprint density at radius 3 is 2.52 bits per heavy atom. The lowest BCUT2D eigenvalue weighted by atomic mass is 10.1. The van der Waals surface area contributed by atoms with E-state index in [1.165, 1.54) is 18.5 Å². The highest BCUT2D eigenvalue weighted by Crippen LogP contribution is 2.27. The molecule has 2 saturated heterocycles. The van der Waals surface area contributed by atoms with E-state index in [0.717, 1.165) is 29.1 Å². The molecule has 2 fully saturated rings. The Morgan fingerprint density at radius 1 is 1.07 bits per heavy atom. The number of carbonyl (C=O) groups is 2. The van der Waals surface area contributed by atoms with Crippen LogP contribution in [0.1, 0.15) is 29.5 Å². The van der Waals surface area contributed by atoms with E-state index < -0.39 is 6.03 Å². The molecule has 7 heteroatoms. The first-order valence-electron chi connectivity index (χ1n) is 9.56. The number of amides is 3. The quantitative estimate of drug-likeness (QED) is 0.549. The zero-order chi connectivity index (χ0) is 20.5. The molecule has 0 aromatic heterocycles. The van der Waals surface area contributed by atoms with Crippen LogP contribution in [-0.4, -0.2) is 29.9 Å². The van der Waals surface area contributed by atoms with E-state index >= 15 is 0 Å². The Morgan fingerprint density at radius 2 is 1.83 bits per heavy atom. The second kappa shape index (κ2) is 8.09. The van der Waals surface area contributed by atoms with Crippen LogP contribution in [0.5, 0.6) is 0 Å². The average Bonchev–Trinajstić information content (AvgIpc) is 3.30. The molecule has 2 heterocycles. The van der Waals surface area contributed by atoms with Crippen molar-refractivity contribution in [2.24, 2.45) is 0 Å². The van der Waals surface area contributed by atoms with Gasteiger partial charge in [-0.2, -0.15) is 0 Å². The predicted octanol–water partition coefficient (Wildman–Crippen LogP) is 4.99. The molecule has 0 radical (unpaired) electrons. The molecular formula is C22H21Cl2N3O2. The smallest absolute Gasteiger partial charge is 0.329 e. The van der Waals surface area contributed by atoms with Crippen molar-refractivity contribution in [1.29, 1.82) is 0 Å². The van der Waals surface area contributed by atoms with E-state index in [1.807, 2.05) is 13.0 Å². The molecule has 0 spiro atoms. The minimum absolute atomic E-state index is 0.0882. The second-order valence-corrected chi connectivity index (χ2v) is 8.19. The summed E-state index contributed by atoms with van der Waals surface area (Å²) in [5, 5.41) is 3.59. The number of urea groups is 1. The van der Waals surface area contributed by atoms with Gasteiger partial charge in [0.25, 0.3) is 5.91 Å². The van der Waals surface area contributed by atoms with Crippen molar-refractivity contribution in [2.75, 3.05) is 18.0 Å². The first-order chi connectivity index (χ1) is 13.9. The fourth-order valence-corrected chi connectivity index (χ4v) is 4.15. The Labute approximate surface area is 179 Å². The van der Waals surface area contributed by atoms with E-state index in [-0.39, 0.29) is 18.1 Å². The average molecular weight is 430 g/mol. The molecule has 2 aromatic carbocycles. The minimum Gasteiger partial charge on any atom is -0.372 e. The summed E-state index contributed by atoms with van der Waals surface area (Å²) < 4.78 is 0. The van der Waals surface area contributed by atoms with Gasteiger partial charge < -0.3 is 10.2 Å². The van der Waals surface area contributed by atoms with Gasteiger partial charge in [-0.1, -0.05) is 35.3 Å². The van der Waals surface area contributed by atoms with E-state index in [4.69, 9.17) is 23.2 Å². The number of imide groups is 1. The van der Waals surface area contributed by atoms with Crippen LogP contribution >= 0.6 is 23.2 Å². The number of anilines is 1. The Bertz CT molecular complexity index is 1010. The van der Waals surface area contributed by atoms with E-state index in [1.54, 1.807) is 24.3 Å². The summed E-state index contributed by atoms with van der Waals surface area (Å²) in [5.74, 6) is -0.371. The maximum absolute atomic E-state index is 12.8. The van der Waals surface area contributed by atoms with Gasteiger partial charge >= 0.3 is 6.03 Å². The van der Waals surface area contributed by atoms with Crippen molar-refractivity contribution in [1.82, 2.24) is 10.2 Å². The highest BCUT2D eigenvalue weighted by atomic mass is 35.5. The van der Waals surface area contributed by atoms with Gasteiger partial charge in [-0.3, -0.25) is 9.69 Å². The summed E-state index contributed by atoms with van der Waals surface area (Å²) in [6.07, 6.45) is 4.17. The SMILES string of the molecule is Cc1cc(N2CCCC2)ccc1/C=C1\NC(=O)N(Cc2ccc(Cl)cc2Cl)C1=O. The maximum atomic E-state index is 12.8.